The molecule has 0 aliphatic rings. The van der Waals surface area contributed by atoms with E-state index < -0.39 is 10.0 Å². The van der Waals surface area contributed by atoms with Gasteiger partial charge in [0.2, 0.25) is 10.0 Å². The third-order valence-electron chi connectivity index (χ3n) is 1.32. The molecule has 1 aromatic heterocycles. The number of aryl methyl sites for hydroxylation is 1. The predicted octanol–water partition coefficient (Wildman–Crippen LogP) is 0.958. The molecule has 0 saturated heterocycles. The Morgan fingerprint density at radius 1 is 1.64 bits per heavy atom. The highest BCUT2D eigenvalue weighted by Crippen LogP contribution is 2.18. The molecule has 11 heavy (non-hydrogen) atoms. The second-order valence-electron chi connectivity index (χ2n) is 2.17. The molecule has 1 heterocycles. The minimum absolute atomic E-state index is 0.245. The van der Waals surface area contributed by atoms with Gasteiger partial charge in [-0.25, -0.2) is 13.6 Å². The summed E-state index contributed by atoms with van der Waals surface area (Å²) >= 11 is 1.17. The van der Waals surface area contributed by atoms with E-state index in [1.165, 1.54) is 11.3 Å². The van der Waals surface area contributed by atoms with Crippen LogP contribution in [0.1, 0.15) is 12.5 Å². The third kappa shape index (κ3) is 2.02. The fourth-order valence-electron chi connectivity index (χ4n) is 0.688. The highest BCUT2D eigenvalue weighted by atomic mass is 32.2. The van der Waals surface area contributed by atoms with Gasteiger partial charge >= 0.3 is 0 Å². The van der Waals surface area contributed by atoms with Crippen LogP contribution < -0.4 is 5.14 Å². The molecule has 0 aliphatic carbocycles. The Bertz CT molecular complexity index is 339. The van der Waals surface area contributed by atoms with Crippen molar-refractivity contribution in [3.8, 4) is 0 Å². The normalized spacial score (nSPS) is 11.8. The lowest BCUT2D eigenvalue weighted by atomic mass is 10.3. The molecule has 0 aliphatic heterocycles. The van der Waals surface area contributed by atoms with Gasteiger partial charge in [0.1, 0.15) is 4.21 Å². The first-order valence-corrected chi connectivity index (χ1v) is 5.57. The molecular formula is C6H9NO2S2. The van der Waals surface area contributed by atoms with Crippen molar-refractivity contribution >= 4 is 21.4 Å². The maximum Gasteiger partial charge on any atom is 0.247 e. The molecule has 5 heteroatoms. The molecule has 0 fully saturated rings. The molecule has 0 aromatic carbocycles. The average molecular weight is 191 g/mol. The summed E-state index contributed by atoms with van der Waals surface area (Å²) in [6, 6.07) is 1.61. The maximum atomic E-state index is 10.8. The maximum absolute atomic E-state index is 10.8. The fraction of sp³-hybridized carbons (Fsp3) is 0.333. The lowest BCUT2D eigenvalue weighted by molar-refractivity contribution is 0.599. The topological polar surface area (TPSA) is 60.2 Å². The second-order valence-corrected chi connectivity index (χ2v) is 4.87. The number of sulfonamides is 1. The van der Waals surface area contributed by atoms with Crippen LogP contribution in [0.2, 0.25) is 0 Å². The molecule has 0 unspecified atom stereocenters. The van der Waals surface area contributed by atoms with E-state index in [0.29, 0.717) is 0 Å². The fourth-order valence-corrected chi connectivity index (χ4v) is 2.41. The van der Waals surface area contributed by atoms with Gasteiger partial charge < -0.3 is 0 Å². The SMILES string of the molecule is CCc1csc(S(N)(=O)=O)c1. The molecule has 0 bridgehead atoms. The Morgan fingerprint density at radius 3 is 2.55 bits per heavy atom. The van der Waals surface area contributed by atoms with Gasteiger partial charge in [0.25, 0.3) is 0 Å². The van der Waals surface area contributed by atoms with Crippen molar-refractivity contribution in [1.29, 1.82) is 0 Å². The third-order valence-corrected chi connectivity index (χ3v) is 3.75. The molecule has 0 spiro atoms. The lowest BCUT2D eigenvalue weighted by Crippen LogP contribution is -2.09. The molecule has 0 atom stereocenters. The van der Waals surface area contributed by atoms with Crippen LogP contribution in [0.5, 0.6) is 0 Å². The lowest BCUT2D eigenvalue weighted by Gasteiger charge is -1.88. The monoisotopic (exact) mass is 191 g/mol. The Kier molecular flexibility index (Phi) is 2.31. The minimum Gasteiger partial charge on any atom is -0.224 e. The summed E-state index contributed by atoms with van der Waals surface area (Å²) in [5.74, 6) is 0. The number of primary sulfonamides is 1. The van der Waals surface area contributed by atoms with Crippen molar-refractivity contribution in [3.63, 3.8) is 0 Å². The van der Waals surface area contributed by atoms with E-state index in [2.05, 4.69) is 0 Å². The van der Waals surface area contributed by atoms with E-state index in [9.17, 15) is 8.42 Å². The van der Waals surface area contributed by atoms with Gasteiger partial charge in [-0.3, -0.25) is 0 Å². The van der Waals surface area contributed by atoms with Gasteiger partial charge in [-0.15, -0.1) is 11.3 Å². The minimum atomic E-state index is -3.47. The largest absolute Gasteiger partial charge is 0.247 e. The van der Waals surface area contributed by atoms with Crippen LogP contribution in [-0.4, -0.2) is 8.42 Å². The van der Waals surface area contributed by atoms with Crippen LogP contribution in [-0.2, 0) is 16.4 Å². The zero-order valence-corrected chi connectivity index (χ0v) is 7.71. The zero-order chi connectivity index (χ0) is 8.48. The van der Waals surface area contributed by atoms with Crippen LogP contribution in [0.3, 0.4) is 0 Å². The summed E-state index contributed by atoms with van der Waals surface area (Å²) in [4.78, 5) is 0. The molecule has 2 N–H and O–H groups in total. The summed E-state index contributed by atoms with van der Waals surface area (Å²) in [5.41, 5.74) is 1.01. The molecule has 0 radical (unpaired) electrons. The first-order valence-electron chi connectivity index (χ1n) is 3.14. The molecule has 1 rings (SSSR count). The summed E-state index contributed by atoms with van der Waals surface area (Å²) in [5, 5.41) is 6.71. The molecule has 3 nitrogen and oxygen atoms in total. The van der Waals surface area contributed by atoms with Gasteiger partial charge in [0, 0.05) is 0 Å². The quantitative estimate of drug-likeness (QED) is 0.756. The van der Waals surface area contributed by atoms with Crippen LogP contribution in [0.4, 0.5) is 0 Å². The number of nitrogens with two attached hydrogens (primary N) is 1. The van der Waals surface area contributed by atoms with Crippen molar-refractivity contribution in [2.45, 2.75) is 17.6 Å². The molecule has 62 valence electrons. The van der Waals surface area contributed by atoms with Crippen molar-refractivity contribution < 1.29 is 8.42 Å². The molecule has 0 saturated carbocycles. The number of hydrogen-bond acceptors (Lipinski definition) is 3. The molecule has 1 aromatic rings. The van der Waals surface area contributed by atoms with Gasteiger partial charge in [0.15, 0.2) is 0 Å². The van der Waals surface area contributed by atoms with E-state index in [0.717, 1.165) is 12.0 Å². The molecule has 0 amide bonds. The van der Waals surface area contributed by atoms with E-state index in [1.54, 1.807) is 11.4 Å². The first kappa shape index (κ1) is 8.70. The van der Waals surface area contributed by atoms with Gasteiger partial charge in [-0.05, 0) is 23.4 Å². The second kappa shape index (κ2) is 2.92. The van der Waals surface area contributed by atoms with Crippen LogP contribution in [0, 0.1) is 0 Å². The number of hydrogen-bond donors (Lipinski definition) is 1. The Hall–Kier alpha value is -0.390. The standard InChI is InChI=1S/C6H9NO2S2/c1-2-5-3-6(10-4-5)11(7,8)9/h3-4H,2H2,1H3,(H2,7,8,9). The average Bonchev–Trinajstić information content (AvgIpc) is 2.32. The van der Waals surface area contributed by atoms with Crippen molar-refractivity contribution in [2.24, 2.45) is 5.14 Å². The van der Waals surface area contributed by atoms with Crippen molar-refractivity contribution in [2.75, 3.05) is 0 Å². The van der Waals surface area contributed by atoms with E-state index in [-0.39, 0.29) is 4.21 Å². The smallest absolute Gasteiger partial charge is 0.224 e. The van der Waals surface area contributed by atoms with E-state index >= 15 is 0 Å². The first-order chi connectivity index (χ1) is 5.04. The van der Waals surface area contributed by atoms with Crippen molar-refractivity contribution in [1.82, 2.24) is 0 Å². The van der Waals surface area contributed by atoms with E-state index in [4.69, 9.17) is 5.14 Å². The van der Waals surface area contributed by atoms with Gasteiger partial charge in [0.05, 0.1) is 0 Å². The summed E-state index contributed by atoms with van der Waals surface area (Å²) < 4.78 is 21.7. The molecular weight excluding hydrogens is 182 g/mol. The van der Waals surface area contributed by atoms with Crippen molar-refractivity contribution in [3.05, 3.63) is 17.0 Å². The van der Waals surface area contributed by atoms with E-state index in [1.807, 2.05) is 6.92 Å². The summed E-state index contributed by atoms with van der Waals surface area (Å²) in [6.45, 7) is 1.97. The Labute approximate surface area is 69.9 Å². The highest BCUT2D eigenvalue weighted by Gasteiger charge is 2.09. The Morgan fingerprint density at radius 2 is 2.27 bits per heavy atom. The number of rotatable bonds is 2. The predicted molar refractivity (Wildman–Crippen MR) is 45.1 cm³/mol. The summed E-state index contributed by atoms with van der Waals surface area (Å²) in [6.07, 6.45) is 0.839. The highest BCUT2D eigenvalue weighted by molar-refractivity contribution is 7.91. The van der Waals surface area contributed by atoms with Crippen LogP contribution >= 0.6 is 11.3 Å². The number of thiophene rings is 1. The van der Waals surface area contributed by atoms with Gasteiger partial charge in [-0.1, -0.05) is 6.92 Å². The zero-order valence-electron chi connectivity index (χ0n) is 6.07. The van der Waals surface area contributed by atoms with Crippen LogP contribution in [0.15, 0.2) is 15.7 Å². The van der Waals surface area contributed by atoms with Crippen LogP contribution in [0.25, 0.3) is 0 Å². The Balaban J connectivity index is 3.09. The van der Waals surface area contributed by atoms with Gasteiger partial charge in [-0.2, -0.15) is 0 Å². The summed E-state index contributed by atoms with van der Waals surface area (Å²) in [7, 11) is -3.47.